The largest absolute Gasteiger partial charge is 0.351 e. The van der Waals surface area contributed by atoms with Crippen molar-refractivity contribution in [3.63, 3.8) is 0 Å². The van der Waals surface area contributed by atoms with Gasteiger partial charge in [0.2, 0.25) is 5.43 Å². The first-order valence-corrected chi connectivity index (χ1v) is 8.06. The number of benzene rings is 2. The lowest BCUT2D eigenvalue weighted by Crippen LogP contribution is -2.35. The van der Waals surface area contributed by atoms with E-state index in [1.54, 1.807) is 0 Å². The lowest BCUT2D eigenvalue weighted by atomic mass is 9.91. The monoisotopic (exact) mass is 319 g/mol. The molecule has 0 aliphatic heterocycles. The summed E-state index contributed by atoms with van der Waals surface area (Å²) in [4.78, 5) is 24.4. The van der Waals surface area contributed by atoms with Gasteiger partial charge in [0.25, 0.3) is 5.43 Å². The van der Waals surface area contributed by atoms with Crippen molar-refractivity contribution in [1.82, 2.24) is 0 Å². The Morgan fingerprint density at radius 3 is 2.12 bits per heavy atom. The maximum absolute atomic E-state index is 12.2. The van der Waals surface area contributed by atoms with Gasteiger partial charge in [0.05, 0.1) is 5.56 Å². The van der Waals surface area contributed by atoms with E-state index in [9.17, 15) is 9.59 Å². The molecule has 0 heterocycles. The van der Waals surface area contributed by atoms with Crippen LogP contribution in [0.5, 0.6) is 0 Å². The Morgan fingerprint density at radius 1 is 0.750 bits per heavy atom. The second kappa shape index (κ2) is 5.75. The third-order valence-electron chi connectivity index (χ3n) is 4.88. The zero-order valence-electron chi connectivity index (χ0n) is 14.7. The van der Waals surface area contributed by atoms with Gasteiger partial charge in [0, 0.05) is 5.69 Å². The molecule has 0 aliphatic carbocycles. The summed E-state index contributed by atoms with van der Waals surface area (Å²) in [5.41, 5.74) is 7.28. The van der Waals surface area contributed by atoms with Gasteiger partial charge >= 0.3 is 0 Å². The number of hydrogen-bond donors (Lipinski definition) is 1. The number of nitrogens with one attached hydrogen (secondary N) is 1. The fourth-order valence-electron chi connectivity index (χ4n) is 3.02. The highest BCUT2D eigenvalue weighted by Crippen LogP contribution is 2.32. The molecule has 0 amide bonds. The van der Waals surface area contributed by atoms with Crippen molar-refractivity contribution in [2.45, 2.75) is 34.6 Å². The lowest BCUT2D eigenvalue weighted by Gasteiger charge is -2.18. The molecule has 0 bridgehead atoms. The Labute approximate surface area is 141 Å². The highest BCUT2D eigenvalue weighted by molar-refractivity contribution is 5.87. The van der Waals surface area contributed by atoms with E-state index >= 15 is 0 Å². The third-order valence-corrected chi connectivity index (χ3v) is 4.88. The average Bonchev–Trinajstić information content (AvgIpc) is 2.55. The van der Waals surface area contributed by atoms with E-state index in [1.807, 2.05) is 58.9 Å². The molecule has 1 N–H and O–H groups in total. The number of aryl methyl sites for hydroxylation is 4. The summed E-state index contributed by atoms with van der Waals surface area (Å²) in [5, 5.41) is 3.19. The molecule has 3 rings (SSSR count). The summed E-state index contributed by atoms with van der Waals surface area (Å²) in [6.07, 6.45) is 0. The van der Waals surface area contributed by atoms with E-state index in [2.05, 4.69) is 11.4 Å². The van der Waals surface area contributed by atoms with Gasteiger partial charge in [0.1, 0.15) is 5.69 Å². The molecule has 3 heteroatoms. The van der Waals surface area contributed by atoms with Gasteiger partial charge in [-0.05, 0) is 74.1 Å². The molecule has 0 saturated carbocycles. The Balaban J connectivity index is 2.12. The SMILES string of the molecule is Cc1cc(C)c(-c2c(Nc3cccc(C)c3C)c(=O)c2=O)cc1C. The topological polar surface area (TPSA) is 46.2 Å². The van der Waals surface area contributed by atoms with Crippen LogP contribution in [0.1, 0.15) is 27.8 Å². The molecule has 3 nitrogen and oxygen atoms in total. The van der Waals surface area contributed by atoms with Gasteiger partial charge in [0.15, 0.2) is 0 Å². The third kappa shape index (κ3) is 2.46. The smallest absolute Gasteiger partial charge is 0.250 e. The van der Waals surface area contributed by atoms with Crippen LogP contribution < -0.4 is 16.2 Å². The minimum atomic E-state index is -0.441. The molecule has 3 aromatic carbocycles. The summed E-state index contributed by atoms with van der Waals surface area (Å²) in [5.74, 6) is 0. The molecule has 3 aromatic rings. The molecule has 0 spiro atoms. The fourth-order valence-corrected chi connectivity index (χ4v) is 3.02. The molecular formula is C21H21NO2. The highest BCUT2D eigenvalue weighted by atomic mass is 16.2. The van der Waals surface area contributed by atoms with Crippen molar-refractivity contribution in [1.29, 1.82) is 0 Å². The summed E-state index contributed by atoms with van der Waals surface area (Å²) < 4.78 is 0. The predicted molar refractivity (Wildman–Crippen MR) is 100 cm³/mol. The standard InChI is InChI=1S/C21H21NO2/c1-11-7-6-8-17(15(11)5)22-19-18(20(23)21(19)24)16-10-13(3)12(2)9-14(16)4/h6-10,22H,1-5H3. The molecular weight excluding hydrogens is 298 g/mol. The Kier molecular flexibility index (Phi) is 3.88. The van der Waals surface area contributed by atoms with Gasteiger partial charge in [-0.3, -0.25) is 9.59 Å². The normalized spacial score (nSPS) is 11.0. The Morgan fingerprint density at radius 2 is 1.42 bits per heavy atom. The van der Waals surface area contributed by atoms with Gasteiger partial charge in [-0.1, -0.05) is 24.3 Å². The molecule has 24 heavy (non-hydrogen) atoms. The number of anilines is 2. The first kappa shape index (κ1) is 16.2. The summed E-state index contributed by atoms with van der Waals surface area (Å²) in [6, 6.07) is 9.95. The maximum Gasteiger partial charge on any atom is 0.250 e. The molecule has 0 fully saturated rings. The van der Waals surface area contributed by atoms with Gasteiger partial charge < -0.3 is 5.32 Å². The Hall–Kier alpha value is -2.68. The van der Waals surface area contributed by atoms with Crippen LogP contribution in [0.4, 0.5) is 11.4 Å². The first-order valence-electron chi connectivity index (χ1n) is 8.06. The van der Waals surface area contributed by atoms with Crippen LogP contribution in [0.15, 0.2) is 39.9 Å². The van der Waals surface area contributed by atoms with Crippen LogP contribution in [0.2, 0.25) is 0 Å². The van der Waals surface area contributed by atoms with Gasteiger partial charge in [-0.25, -0.2) is 0 Å². The van der Waals surface area contributed by atoms with Crippen LogP contribution in [-0.4, -0.2) is 0 Å². The van der Waals surface area contributed by atoms with E-state index in [4.69, 9.17) is 0 Å². The van der Waals surface area contributed by atoms with Crippen LogP contribution in [-0.2, 0) is 0 Å². The summed E-state index contributed by atoms with van der Waals surface area (Å²) in [7, 11) is 0. The minimum absolute atomic E-state index is 0.403. The second-order valence-corrected chi connectivity index (χ2v) is 6.53. The average molecular weight is 319 g/mol. The van der Waals surface area contributed by atoms with Crippen LogP contribution in [0.25, 0.3) is 11.1 Å². The maximum atomic E-state index is 12.2. The van der Waals surface area contributed by atoms with Crippen LogP contribution in [0.3, 0.4) is 0 Å². The fraction of sp³-hybridized carbons (Fsp3) is 0.238. The molecule has 122 valence electrons. The molecule has 0 saturated heterocycles. The van der Waals surface area contributed by atoms with Crippen molar-refractivity contribution < 1.29 is 0 Å². The zero-order valence-corrected chi connectivity index (χ0v) is 14.7. The van der Waals surface area contributed by atoms with Crippen molar-refractivity contribution >= 4 is 11.4 Å². The van der Waals surface area contributed by atoms with Crippen LogP contribution >= 0.6 is 0 Å². The molecule has 0 atom stereocenters. The number of hydrogen-bond acceptors (Lipinski definition) is 3. The predicted octanol–water partition coefficient (Wildman–Crippen LogP) is 4.24. The van der Waals surface area contributed by atoms with E-state index < -0.39 is 10.9 Å². The minimum Gasteiger partial charge on any atom is -0.351 e. The zero-order chi connectivity index (χ0) is 17.6. The Bertz CT molecular complexity index is 1020. The van der Waals surface area contributed by atoms with E-state index in [0.717, 1.165) is 33.5 Å². The molecule has 0 aromatic heterocycles. The quantitative estimate of drug-likeness (QED) is 0.735. The molecule has 0 unspecified atom stereocenters. The molecule has 0 radical (unpaired) electrons. The van der Waals surface area contributed by atoms with Crippen LogP contribution in [0, 0.1) is 34.6 Å². The van der Waals surface area contributed by atoms with Gasteiger partial charge in [-0.2, -0.15) is 0 Å². The van der Waals surface area contributed by atoms with Crippen molar-refractivity contribution in [2.75, 3.05) is 5.32 Å². The highest BCUT2D eigenvalue weighted by Gasteiger charge is 2.24. The second-order valence-electron chi connectivity index (χ2n) is 6.53. The van der Waals surface area contributed by atoms with Crippen molar-refractivity contribution in [2.24, 2.45) is 0 Å². The first-order chi connectivity index (χ1) is 11.3. The van der Waals surface area contributed by atoms with E-state index in [-0.39, 0.29) is 0 Å². The van der Waals surface area contributed by atoms with Crippen molar-refractivity contribution in [3.8, 4) is 11.1 Å². The molecule has 0 aliphatic rings. The van der Waals surface area contributed by atoms with E-state index in [1.165, 1.54) is 5.56 Å². The van der Waals surface area contributed by atoms with Gasteiger partial charge in [-0.15, -0.1) is 0 Å². The lowest BCUT2D eigenvalue weighted by molar-refractivity contribution is 1.27. The van der Waals surface area contributed by atoms with E-state index in [0.29, 0.717) is 11.3 Å². The summed E-state index contributed by atoms with van der Waals surface area (Å²) >= 11 is 0. The number of rotatable bonds is 3. The summed E-state index contributed by atoms with van der Waals surface area (Å²) in [6.45, 7) is 10.1. The van der Waals surface area contributed by atoms with Crippen molar-refractivity contribution in [3.05, 3.63) is 78.6 Å².